The van der Waals surface area contributed by atoms with Crippen molar-refractivity contribution in [1.82, 2.24) is 0 Å². The lowest BCUT2D eigenvalue weighted by Gasteiger charge is -2.33. The fourth-order valence-corrected chi connectivity index (χ4v) is 20.3. The Bertz CT molecular complexity index is 5610. The highest BCUT2D eigenvalue weighted by atomic mass is 15.1. The van der Waals surface area contributed by atoms with Crippen molar-refractivity contribution in [3.05, 3.63) is 316 Å². The van der Waals surface area contributed by atoms with E-state index in [1.807, 2.05) is 0 Å². The molecule has 0 spiro atoms. The summed E-state index contributed by atoms with van der Waals surface area (Å²) in [4.78, 5) is 2.42. The van der Waals surface area contributed by atoms with Gasteiger partial charge in [-0.2, -0.15) is 0 Å². The van der Waals surface area contributed by atoms with E-state index in [2.05, 4.69) is 335 Å². The maximum Gasteiger partial charge on any atom is 0.0465 e. The van der Waals surface area contributed by atoms with Crippen LogP contribution in [0.25, 0.3) is 111 Å². The lowest BCUT2D eigenvalue weighted by atomic mass is 9.70. The standard InChI is InChI=1S/C104H99N/c1-11-13-15-17-19-28-58-104(57-27-18-16-14-12-2)89-34-26-25-33-80(89)87-54-43-75(65-98(87)104)74-42-53-86-85-52-41-73(63-95(85)103(9,10)96(86)64-74)72-40-51-84-83-50-39-71(61-93(83)102(7,8)94(84)62-72)70-38-49-82-81-48-37-69(59-91(81)101(5,6)92(82)60-70)67-35-45-77(46-36-67)105(76-30-21-20-22-31-76)78-47-55-88-97(66-78)100(3,4)90-56-44-68-29-23-24-32-79(68)99(88)90/h20-26,29-56,59-66H,11-19,27-28,57-58H2,1-10H3. The second-order valence-electron chi connectivity index (χ2n) is 33.8. The third kappa shape index (κ3) is 10.7. The molecule has 0 N–H and O–H groups in total. The minimum Gasteiger partial charge on any atom is -0.310 e. The third-order valence-electron chi connectivity index (χ3n) is 26.2. The van der Waals surface area contributed by atoms with Crippen LogP contribution in [0, 0.1) is 0 Å². The van der Waals surface area contributed by atoms with E-state index in [0.29, 0.717) is 0 Å². The van der Waals surface area contributed by atoms with Crippen LogP contribution in [-0.4, -0.2) is 0 Å². The van der Waals surface area contributed by atoms with Crippen LogP contribution in [0.4, 0.5) is 17.1 Å². The van der Waals surface area contributed by atoms with Crippen molar-refractivity contribution >= 4 is 27.8 Å². The smallest absolute Gasteiger partial charge is 0.0465 e. The lowest BCUT2D eigenvalue weighted by molar-refractivity contribution is 0.398. The minimum atomic E-state index is -0.195. The maximum atomic E-state index is 2.64. The molecule has 0 saturated heterocycles. The Hall–Kier alpha value is -10.1. The van der Waals surface area contributed by atoms with Gasteiger partial charge in [0.1, 0.15) is 0 Å². The summed E-state index contributed by atoms with van der Waals surface area (Å²) >= 11 is 0. The molecule has 1 heteroatoms. The quantitative estimate of drug-likeness (QED) is 0.0688. The summed E-state index contributed by atoms with van der Waals surface area (Å²) < 4.78 is 0. The van der Waals surface area contributed by atoms with E-state index in [9.17, 15) is 0 Å². The van der Waals surface area contributed by atoms with E-state index in [4.69, 9.17) is 0 Å². The van der Waals surface area contributed by atoms with Crippen LogP contribution in [-0.2, 0) is 27.1 Å². The number of fused-ring (bicyclic) bond motifs is 17. The van der Waals surface area contributed by atoms with Crippen LogP contribution >= 0.6 is 0 Å². The lowest BCUT2D eigenvalue weighted by Crippen LogP contribution is -2.25. The van der Waals surface area contributed by atoms with Crippen molar-refractivity contribution in [2.75, 3.05) is 4.90 Å². The van der Waals surface area contributed by atoms with Crippen molar-refractivity contribution in [2.24, 2.45) is 0 Å². The molecule has 0 saturated carbocycles. The highest BCUT2D eigenvalue weighted by Crippen LogP contribution is 2.59. The maximum absolute atomic E-state index is 2.64. The Balaban J connectivity index is 0.591. The van der Waals surface area contributed by atoms with Crippen molar-refractivity contribution in [3.63, 3.8) is 0 Å². The van der Waals surface area contributed by atoms with E-state index in [1.165, 1.54) is 239 Å². The van der Waals surface area contributed by atoms with Crippen molar-refractivity contribution < 1.29 is 0 Å². The summed E-state index contributed by atoms with van der Waals surface area (Å²) in [6.07, 6.45) is 17.0. The van der Waals surface area contributed by atoms with E-state index < -0.39 is 0 Å². The van der Waals surface area contributed by atoms with E-state index in [-0.39, 0.29) is 27.1 Å². The molecule has 18 rings (SSSR count). The number of unbranched alkanes of at least 4 members (excludes halogenated alkanes) is 9. The number of rotatable bonds is 20. The van der Waals surface area contributed by atoms with Gasteiger partial charge in [0.15, 0.2) is 0 Å². The van der Waals surface area contributed by atoms with Gasteiger partial charge in [0.2, 0.25) is 0 Å². The number of anilines is 3. The zero-order valence-electron chi connectivity index (χ0n) is 63.5. The molecular weight excluding hydrogens is 1260 g/mol. The van der Waals surface area contributed by atoms with Crippen LogP contribution in [0.1, 0.15) is 208 Å². The molecule has 13 aromatic carbocycles. The van der Waals surface area contributed by atoms with Crippen LogP contribution in [0.15, 0.2) is 261 Å². The molecule has 13 aromatic rings. The fourth-order valence-electron chi connectivity index (χ4n) is 20.3. The number of benzene rings is 13. The number of nitrogens with zero attached hydrogens (tertiary/aromatic N) is 1. The Morgan fingerprint density at radius 3 is 1.04 bits per heavy atom. The Morgan fingerprint density at radius 2 is 0.562 bits per heavy atom. The summed E-state index contributed by atoms with van der Waals surface area (Å²) in [5.41, 5.74) is 41.1. The normalized spacial score (nSPS) is 16.4. The molecular formula is C104H99N. The van der Waals surface area contributed by atoms with Crippen LogP contribution in [0.2, 0.25) is 0 Å². The average Bonchev–Trinajstić information content (AvgIpc) is 1.60. The monoisotopic (exact) mass is 1360 g/mol. The molecule has 1 unspecified atom stereocenters. The first-order valence-electron chi connectivity index (χ1n) is 39.7. The van der Waals surface area contributed by atoms with Gasteiger partial charge in [-0.3, -0.25) is 0 Å². The topological polar surface area (TPSA) is 3.24 Å². The van der Waals surface area contributed by atoms with Crippen LogP contribution in [0.5, 0.6) is 0 Å². The van der Waals surface area contributed by atoms with Gasteiger partial charge in [-0.1, -0.05) is 322 Å². The first kappa shape index (κ1) is 66.8. The van der Waals surface area contributed by atoms with Gasteiger partial charge in [0.25, 0.3) is 0 Å². The van der Waals surface area contributed by atoms with Gasteiger partial charge in [-0.15, -0.1) is 0 Å². The number of para-hydroxylation sites is 1. The zero-order chi connectivity index (χ0) is 71.7. The molecule has 0 heterocycles. The molecule has 0 aromatic heterocycles. The van der Waals surface area contributed by atoms with Gasteiger partial charge in [-0.25, -0.2) is 0 Å². The predicted molar refractivity (Wildman–Crippen MR) is 448 cm³/mol. The largest absolute Gasteiger partial charge is 0.310 e. The average molecular weight is 1360 g/mol. The molecule has 5 aliphatic rings. The molecule has 520 valence electrons. The van der Waals surface area contributed by atoms with Crippen LogP contribution < -0.4 is 4.90 Å². The summed E-state index contributed by atoms with van der Waals surface area (Å²) in [6.45, 7) is 24.1. The summed E-state index contributed by atoms with van der Waals surface area (Å²) in [5.74, 6) is 0. The highest BCUT2D eigenvalue weighted by molar-refractivity contribution is 6.03. The molecule has 105 heavy (non-hydrogen) atoms. The van der Waals surface area contributed by atoms with E-state index in [0.717, 1.165) is 17.1 Å². The molecule has 0 aliphatic heterocycles. The number of hydrogen-bond donors (Lipinski definition) is 0. The molecule has 0 radical (unpaired) electrons. The molecule has 0 bridgehead atoms. The second-order valence-corrected chi connectivity index (χ2v) is 33.8. The zero-order valence-corrected chi connectivity index (χ0v) is 63.5. The Labute approximate surface area is 625 Å². The molecule has 5 aliphatic carbocycles. The van der Waals surface area contributed by atoms with Crippen LogP contribution in [0.3, 0.4) is 0 Å². The van der Waals surface area contributed by atoms with Crippen molar-refractivity contribution in [2.45, 2.75) is 180 Å². The summed E-state index contributed by atoms with van der Waals surface area (Å²) in [7, 11) is 0. The van der Waals surface area contributed by atoms with Gasteiger partial charge in [-0.05, 0) is 258 Å². The first-order chi connectivity index (χ1) is 51.0. The van der Waals surface area contributed by atoms with E-state index in [1.54, 1.807) is 11.1 Å². The first-order valence-corrected chi connectivity index (χ1v) is 39.7. The third-order valence-corrected chi connectivity index (χ3v) is 26.2. The number of hydrogen-bond acceptors (Lipinski definition) is 1. The molecule has 1 atom stereocenters. The highest BCUT2D eigenvalue weighted by Gasteiger charge is 2.44. The second kappa shape index (κ2) is 25.6. The Morgan fingerprint density at radius 1 is 0.229 bits per heavy atom. The summed E-state index contributed by atoms with van der Waals surface area (Å²) in [6, 6.07) is 102. The predicted octanol–water partition coefficient (Wildman–Crippen LogP) is 29.6. The van der Waals surface area contributed by atoms with Crippen molar-refractivity contribution in [1.29, 1.82) is 0 Å². The van der Waals surface area contributed by atoms with Gasteiger partial charge in [0, 0.05) is 44.1 Å². The fraction of sp³-hybridized carbons (Fsp3) is 0.269. The van der Waals surface area contributed by atoms with Crippen molar-refractivity contribution in [3.8, 4) is 100 Å². The van der Waals surface area contributed by atoms with Gasteiger partial charge >= 0.3 is 0 Å². The molecule has 1 nitrogen and oxygen atoms in total. The molecule has 0 fully saturated rings. The van der Waals surface area contributed by atoms with Gasteiger partial charge < -0.3 is 4.90 Å². The van der Waals surface area contributed by atoms with E-state index >= 15 is 0 Å². The summed E-state index contributed by atoms with van der Waals surface area (Å²) in [5, 5.41) is 2.61. The van der Waals surface area contributed by atoms with Gasteiger partial charge in [0.05, 0.1) is 0 Å². The SMILES string of the molecule is CCCCCCCCC1(CCCCCCC)c2ccccc2-c2ccc(-c3ccc4c(c3)C(C)(C)c3cc(-c5ccc6c(c5)C(C)(C)c5cc(-c7ccc8c(c7)C(C)(C)c7cc(-c9ccc(N(c%10ccccc%10)c%10ccc%11c(c%10)C(C)(C)c%10ccc%12ccccc%12c%10-%11)cc9)ccc7-8)ccc5-6)ccc3-4)cc21. The Kier molecular flexibility index (Phi) is 16.3. The molecule has 0 amide bonds. The minimum absolute atomic E-state index is 0.0592.